The molecule has 1 aromatic heterocycles. The molecular formula is C14H19BrN2OS. The number of carbonyl (C=O) groups excluding carboxylic acids is 1. The van der Waals surface area contributed by atoms with Crippen LogP contribution in [0, 0.1) is 11.8 Å². The summed E-state index contributed by atoms with van der Waals surface area (Å²) in [6.45, 7) is 1.74. The minimum Gasteiger partial charge on any atom is -0.339 e. The molecule has 0 aromatic carbocycles. The Morgan fingerprint density at radius 2 is 2.42 bits per heavy atom. The van der Waals surface area contributed by atoms with E-state index < -0.39 is 0 Å². The van der Waals surface area contributed by atoms with Crippen LogP contribution in [0.5, 0.6) is 0 Å². The summed E-state index contributed by atoms with van der Waals surface area (Å²) in [5.74, 6) is 1.57. The first-order chi connectivity index (χ1) is 9.15. The minimum absolute atomic E-state index is 0.0564. The van der Waals surface area contributed by atoms with Crippen LogP contribution in [0.3, 0.4) is 0 Å². The van der Waals surface area contributed by atoms with E-state index in [0.717, 1.165) is 16.9 Å². The first-order valence-corrected chi connectivity index (χ1v) is 8.53. The highest BCUT2D eigenvalue weighted by atomic mass is 79.9. The molecule has 3 rings (SSSR count). The van der Waals surface area contributed by atoms with E-state index in [2.05, 4.69) is 32.7 Å². The molecule has 2 aliphatic rings. The highest BCUT2D eigenvalue weighted by Gasteiger charge is 2.43. The van der Waals surface area contributed by atoms with Crippen molar-refractivity contribution >= 4 is 33.2 Å². The van der Waals surface area contributed by atoms with Gasteiger partial charge in [0.05, 0.1) is 12.6 Å². The molecule has 1 aromatic rings. The third-order valence-corrected chi connectivity index (χ3v) is 6.09. The van der Waals surface area contributed by atoms with Gasteiger partial charge in [0.2, 0.25) is 5.91 Å². The Labute approximate surface area is 126 Å². The van der Waals surface area contributed by atoms with Crippen LogP contribution < -0.4 is 5.32 Å². The van der Waals surface area contributed by atoms with E-state index in [1.807, 2.05) is 11.9 Å². The summed E-state index contributed by atoms with van der Waals surface area (Å²) in [6.07, 6.45) is 3.80. The number of amides is 1. The number of nitrogens with one attached hydrogen (secondary N) is 1. The summed E-state index contributed by atoms with van der Waals surface area (Å²) >= 11 is 5.15. The number of thiophene rings is 1. The maximum absolute atomic E-state index is 12.6. The molecule has 1 amide bonds. The minimum atomic E-state index is 0.0564. The zero-order valence-corrected chi connectivity index (χ0v) is 13.5. The fourth-order valence-corrected chi connectivity index (χ4v) is 4.95. The molecule has 0 bridgehead atoms. The topological polar surface area (TPSA) is 32.3 Å². The second-order valence-corrected chi connectivity index (χ2v) is 7.58. The number of likely N-dealkylation sites (N-methyl/N-ethyl adjacent to an activating group) is 1. The van der Waals surface area contributed by atoms with E-state index in [4.69, 9.17) is 0 Å². The van der Waals surface area contributed by atoms with Crippen molar-refractivity contribution in [2.45, 2.75) is 31.8 Å². The Morgan fingerprint density at radius 3 is 3.16 bits per heavy atom. The van der Waals surface area contributed by atoms with Gasteiger partial charge in [-0.3, -0.25) is 4.79 Å². The van der Waals surface area contributed by atoms with Gasteiger partial charge in [-0.1, -0.05) is 6.42 Å². The lowest BCUT2D eigenvalue weighted by Gasteiger charge is -2.24. The highest BCUT2D eigenvalue weighted by molar-refractivity contribution is 9.10. The molecule has 3 nitrogen and oxygen atoms in total. The SMILES string of the molecule is CN(Cc1cc(Br)cs1)C(=O)C1NCC2CCCC21. The van der Waals surface area contributed by atoms with Crippen LogP contribution in [0.4, 0.5) is 0 Å². The first-order valence-electron chi connectivity index (χ1n) is 6.86. The molecule has 5 heteroatoms. The summed E-state index contributed by atoms with van der Waals surface area (Å²) in [5.41, 5.74) is 0. The van der Waals surface area contributed by atoms with E-state index in [1.165, 1.54) is 24.1 Å². The first kappa shape index (κ1) is 13.6. The molecule has 3 atom stereocenters. The molecular weight excluding hydrogens is 324 g/mol. The Balaban J connectivity index is 1.63. The van der Waals surface area contributed by atoms with Gasteiger partial charge in [-0.15, -0.1) is 11.3 Å². The van der Waals surface area contributed by atoms with Crippen molar-refractivity contribution in [1.29, 1.82) is 0 Å². The summed E-state index contributed by atoms with van der Waals surface area (Å²) in [5, 5.41) is 5.50. The number of rotatable bonds is 3. The number of nitrogens with zero attached hydrogens (tertiary/aromatic N) is 1. The average molecular weight is 343 g/mol. The van der Waals surface area contributed by atoms with Crippen LogP contribution in [0.2, 0.25) is 0 Å². The summed E-state index contributed by atoms with van der Waals surface area (Å²) < 4.78 is 1.10. The number of hydrogen-bond donors (Lipinski definition) is 1. The number of fused-ring (bicyclic) bond motifs is 1. The van der Waals surface area contributed by atoms with Crippen LogP contribution in [-0.4, -0.2) is 30.4 Å². The van der Waals surface area contributed by atoms with Gasteiger partial charge in [-0.2, -0.15) is 0 Å². The van der Waals surface area contributed by atoms with Gasteiger partial charge >= 0.3 is 0 Å². The zero-order chi connectivity index (χ0) is 13.4. The molecule has 0 spiro atoms. The monoisotopic (exact) mass is 342 g/mol. The summed E-state index contributed by atoms with van der Waals surface area (Å²) in [7, 11) is 1.92. The summed E-state index contributed by atoms with van der Waals surface area (Å²) in [6, 6.07) is 2.15. The lowest BCUT2D eigenvalue weighted by Crippen LogP contribution is -2.44. The second kappa shape index (κ2) is 5.54. The van der Waals surface area contributed by atoms with Gasteiger partial charge in [0, 0.05) is 21.8 Å². The predicted octanol–water partition coefficient (Wildman–Crippen LogP) is 2.86. The predicted molar refractivity (Wildman–Crippen MR) is 81.1 cm³/mol. The number of carbonyl (C=O) groups is 1. The fourth-order valence-electron chi connectivity index (χ4n) is 3.44. The smallest absolute Gasteiger partial charge is 0.240 e. The van der Waals surface area contributed by atoms with Crippen molar-refractivity contribution in [3.05, 3.63) is 20.8 Å². The van der Waals surface area contributed by atoms with Crippen molar-refractivity contribution in [2.75, 3.05) is 13.6 Å². The summed E-state index contributed by atoms with van der Waals surface area (Å²) in [4.78, 5) is 15.7. The van der Waals surface area contributed by atoms with Crippen LogP contribution in [0.15, 0.2) is 15.9 Å². The van der Waals surface area contributed by atoms with E-state index in [1.54, 1.807) is 11.3 Å². The van der Waals surface area contributed by atoms with Gasteiger partial charge < -0.3 is 10.2 Å². The Hall–Kier alpha value is -0.390. The van der Waals surface area contributed by atoms with Crippen LogP contribution in [-0.2, 0) is 11.3 Å². The zero-order valence-electron chi connectivity index (χ0n) is 11.1. The molecule has 104 valence electrons. The molecule has 0 radical (unpaired) electrons. The number of halogens is 1. The lowest BCUT2D eigenvalue weighted by atomic mass is 9.93. The van der Waals surface area contributed by atoms with Gasteiger partial charge in [-0.25, -0.2) is 0 Å². The van der Waals surface area contributed by atoms with E-state index in [0.29, 0.717) is 12.5 Å². The van der Waals surface area contributed by atoms with Crippen LogP contribution in [0.25, 0.3) is 0 Å². The molecule has 1 aliphatic heterocycles. The van der Waals surface area contributed by atoms with Crippen molar-refractivity contribution in [3.63, 3.8) is 0 Å². The van der Waals surface area contributed by atoms with Gasteiger partial charge in [0.15, 0.2) is 0 Å². The third kappa shape index (κ3) is 2.73. The maximum atomic E-state index is 12.6. The Morgan fingerprint density at radius 1 is 1.58 bits per heavy atom. The molecule has 3 unspecified atom stereocenters. The quantitative estimate of drug-likeness (QED) is 0.915. The number of hydrogen-bond acceptors (Lipinski definition) is 3. The Bertz CT molecular complexity index is 476. The van der Waals surface area contributed by atoms with Gasteiger partial charge in [0.1, 0.15) is 0 Å². The molecule has 2 fully saturated rings. The van der Waals surface area contributed by atoms with Crippen molar-refractivity contribution in [2.24, 2.45) is 11.8 Å². The molecule has 1 aliphatic carbocycles. The van der Waals surface area contributed by atoms with Gasteiger partial charge in [-0.05, 0) is 53.2 Å². The standard InChI is InChI=1S/C14H19BrN2OS/c1-17(7-11-5-10(15)8-19-11)14(18)13-12-4-2-3-9(12)6-16-13/h5,8-9,12-13,16H,2-4,6-7H2,1H3. The van der Waals surface area contributed by atoms with Crippen LogP contribution >= 0.6 is 27.3 Å². The third-order valence-electron chi connectivity index (χ3n) is 4.40. The largest absolute Gasteiger partial charge is 0.339 e. The van der Waals surface area contributed by atoms with E-state index >= 15 is 0 Å². The van der Waals surface area contributed by atoms with Crippen molar-refractivity contribution < 1.29 is 4.79 Å². The Kier molecular flexibility index (Phi) is 3.96. The van der Waals surface area contributed by atoms with Crippen LogP contribution in [0.1, 0.15) is 24.1 Å². The molecule has 1 N–H and O–H groups in total. The molecule has 1 saturated carbocycles. The van der Waals surface area contributed by atoms with Crippen molar-refractivity contribution in [3.8, 4) is 0 Å². The normalized spacial score (nSPS) is 29.5. The van der Waals surface area contributed by atoms with E-state index in [-0.39, 0.29) is 11.9 Å². The molecule has 19 heavy (non-hydrogen) atoms. The second-order valence-electron chi connectivity index (χ2n) is 5.67. The van der Waals surface area contributed by atoms with Crippen molar-refractivity contribution in [1.82, 2.24) is 10.2 Å². The fraction of sp³-hybridized carbons (Fsp3) is 0.643. The van der Waals surface area contributed by atoms with E-state index in [9.17, 15) is 4.79 Å². The lowest BCUT2D eigenvalue weighted by molar-refractivity contribution is -0.133. The molecule has 2 heterocycles. The molecule has 1 saturated heterocycles. The maximum Gasteiger partial charge on any atom is 0.240 e. The highest BCUT2D eigenvalue weighted by Crippen LogP contribution is 2.38. The average Bonchev–Trinajstić information content (AvgIpc) is 3.04. The van der Waals surface area contributed by atoms with Gasteiger partial charge in [0.25, 0.3) is 0 Å².